The molecular formula is C30H48O4. The van der Waals surface area contributed by atoms with Gasteiger partial charge in [0, 0.05) is 5.41 Å². The molecule has 0 spiro atoms. The van der Waals surface area contributed by atoms with Gasteiger partial charge in [0.05, 0.1) is 18.3 Å². The largest absolute Gasteiger partial charge is 0.390 e. The molecule has 1 saturated carbocycles. The Morgan fingerprint density at radius 2 is 1.71 bits per heavy atom. The van der Waals surface area contributed by atoms with E-state index in [0.717, 1.165) is 37.7 Å². The van der Waals surface area contributed by atoms with Gasteiger partial charge < -0.3 is 20.4 Å². The Morgan fingerprint density at radius 3 is 2.32 bits per heavy atom. The van der Waals surface area contributed by atoms with Gasteiger partial charge in [-0.05, 0) is 89.7 Å². The Kier molecular flexibility index (Phi) is 6.59. The highest BCUT2D eigenvalue weighted by Crippen LogP contribution is 2.66. The quantitative estimate of drug-likeness (QED) is 0.416. The monoisotopic (exact) mass is 472 g/mol. The minimum Gasteiger partial charge on any atom is -0.390 e. The molecule has 0 heterocycles. The highest BCUT2D eigenvalue weighted by molar-refractivity contribution is 5.53. The number of fused-ring (bicyclic) bond motifs is 4. The molecule has 4 N–H and O–H groups in total. The maximum Gasteiger partial charge on any atom is 0.103 e. The van der Waals surface area contributed by atoms with Crippen LogP contribution < -0.4 is 0 Å². The van der Waals surface area contributed by atoms with E-state index in [-0.39, 0.29) is 11.8 Å². The van der Waals surface area contributed by atoms with Crippen LogP contribution in [0.2, 0.25) is 0 Å². The molecule has 0 radical (unpaired) electrons. The van der Waals surface area contributed by atoms with E-state index in [2.05, 4.69) is 47.3 Å². The summed E-state index contributed by atoms with van der Waals surface area (Å²) in [4.78, 5) is 0. The van der Waals surface area contributed by atoms with Crippen molar-refractivity contribution >= 4 is 0 Å². The average molecular weight is 473 g/mol. The summed E-state index contributed by atoms with van der Waals surface area (Å²) in [7, 11) is 0. The van der Waals surface area contributed by atoms with Gasteiger partial charge in [-0.2, -0.15) is 0 Å². The summed E-state index contributed by atoms with van der Waals surface area (Å²) in [5, 5.41) is 45.0. The van der Waals surface area contributed by atoms with Crippen LogP contribution in [0.25, 0.3) is 0 Å². The Balaban J connectivity index is 1.70. The first-order chi connectivity index (χ1) is 15.7. The molecular weight excluding hydrogens is 424 g/mol. The van der Waals surface area contributed by atoms with Crippen LogP contribution in [0.15, 0.2) is 34.9 Å². The van der Waals surface area contributed by atoms with Gasteiger partial charge in [0.15, 0.2) is 0 Å². The SMILES string of the molecule is C=C(CC[C@@H](C)[C@H]1CC=C2C3=C(C(O)C(O)[C@@]21C)[C@@]1(C)CC(O)C(O)C(C)(C)C1CC3)C(C)C. The zero-order valence-corrected chi connectivity index (χ0v) is 22.4. The first-order valence-electron chi connectivity index (χ1n) is 13.5. The van der Waals surface area contributed by atoms with Gasteiger partial charge in [0.2, 0.25) is 0 Å². The predicted molar refractivity (Wildman–Crippen MR) is 137 cm³/mol. The first kappa shape index (κ1) is 26.1. The fourth-order valence-electron chi connectivity index (χ4n) is 8.71. The Labute approximate surface area is 206 Å². The Morgan fingerprint density at radius 1 is 1.06 bits per heavy atom. The van der Waals surface area contributed by atoms with Crippen molar-refractivity contribution in [1.29, 1.82) is 0 Å². The number of allylic oxidation sites excluding steroid dienone is 3. The second kappa shape index (κ2) is 8.57. The van der Waals surface area contributed by atoms with Crippen LogP contribution in [0, 0.1) is 39.9 Å². The highest BCUT2D eigenvalue weighted by atomic mass is 16.3. The fraction of sp³-hybridized carbons (Fsp3) is 0.800. The van der Waals surface area contributed by atoms with Crippen molar-refractivity contribution in [2.45, 2.75) is 111 Å². The van der Waals surface area contributed by atoms with Gasteiger partial charge >= 0.3 is 0 Å². The molecule has 5 unspecified atom stereocenters. The van der Waals surface area contributed by atoms with E-state index in [1.807, 2.05) is 13.8 Å². The number of hydrogen-bond acceptors (Lipinski definition) is 4. The lowest BCUT2D eigenvalue weighted by Gasteiger charge is -2.61. The molecule has 4 nitrogen and oxygen atoms in total. The number of hydrogen-bond donors (Lipinski definition) is 4. The van der Waals surface area contributed by atoms with Gasteiger partial charge in [-0.15, -0.1) is 0 Å². The normalized spacial score (nSPS) is 44.3. The first-order valence-corrected chi connectivity index (χ1v) is 13.5. The van der Waals surface area contributed by atoms with Crippen LogP contribution >= 0.6 is 0 Å². The van der Waals surface area contributed by atoms with E-state index in [1.165, 1.54) is 16.7 Å². The maximum atomic E-state index is 11.7. The summed E-state index contributed by atoms with van der Waals surface area (Å²) < 4.78 is 0. The van der Waals surface area contributed by atoms with E-state index in [9.17, 15) is 20.4 Å². The average Bonchev–Trinajstić information content (AvgIpc) is 3.11. The lowest BCUT2D eigenvalue weighted by Crippen LogP contribution is -2.62. The molecule has 0 amide bonds. The van der Waals surface area contributed by atoms with Crippen LogP contribution in [-0.2, 0) is 0 Å². The van der Waals surface area contributed by atoms with Crippen molar-refractivity contribution in [3.63, 3.8) is 0 Å². The number of aliphatic hydroxyl groups is 4. The van der Waals surface area contributed by atoms with Gasteiger partial charge in [-0.1, -0.05) is 66.7 Å². The molecule has 4 rings (SSSR count). The molecule has 0 bridgehead atoms. The van der Waals surface area contributed by atoms with Gasteiger partial charge in [0.1, 0.15) is 6.10 Å². The van der Waals surface area contributed by atoms with Crippen LogP contribution in [0.4, 0.5) is 0 Å². The van der Waals surface area contributed by atoms with E-state index >= 15 is 0 Å². The Hall–Kier alpha value is -0.940. The van der Waals surface area contributed by atoms with Gasteiger partial charge in [0.25, 0.3) is 0 Å². The molecule has 0 aromatic rings. The molecule has 4 aliphatic rings. The summed E-state index contributed by atoms with van der Waals surface area (Å²) in [6.45, 7) is 19.3. The van der Waals surface area contributed by atoms with Crippen LogP contribution in [0.3, 0.4) is 0 Å². The lowest BCUT2D eigenvalue weighted by molar-refractivity contribution is -0.164. The molecule has 0 aliphatic heterocycles. The number of aliphatic hydroxyl groups excluding tert-OH is 4. The Bertz CT molecular complexity index is 897. The standard InChI is InChI=1S/C30H48O4/c1-16(2)17(3)9-10-18(4)20-12-13-21-19-11-14-23-28(5,6)26(33)22(31)15-29(23,7)24(19)25(32)27(34)30(20,21)8/h13,16,18,20,22-23,25-27,31-34H,3,9-12,14-15H2,1-2,4-8H3/t18-,20-,22?,23?,25?,26?,27?,29+,30-/m1/s1. The predicted octanol–water partition coefficient (Wildman–Crippen LogP) is 5.17. The van der Waals surface area contributed by atoms with E-state index < -0.39 is 40.7 Å². The van der Waals surface area contributed by atoms with Crippen molar-refractivity contribution in [1.82, 2.24) is 0 Å². The highest BCUT2D eigenvalue weighted by Gasteiger charge is 2.63. The number of rotatable bonds is 5. The summed E-state index contributed by atoms with van der Waals surface area (Å²) in [6, 6.07) is 0. The molecule has 4 aliphatic carbocycles. The molecule has 192 valence electrons. The lowest BCUT2D eigenvalue weighted by atomic mass is 9.45. The second-order valence-corrected chi connectivity index (χ2v) is 13.4. The zero-order valence-electron chi connectivity index (χ0n) is 22.4. The molecule has 4 heteroatoms. The van der Waals surface area contributed by atoms with Crippen LogP contribution in [0.5, 0.6) is 0 Å². The zero-order chi connectivity index (χ0) is 25.4. The second-order valence-electron chi connectivity index (χ2n) is 13.4. The van der Waals surface area contributed by atoms with E-state index in [1.54, 1.807) is 0 Å². The van der Waals surface area contributed by atoms with Crippen molar-refractivity contribution in [2.24, 2.45) is 39.9 Å². The van der Waals surface area contributed by atoms with Crippen LogP contribution in [-0.4, -0.2) is 44.8 Å². The van der Waals surface area contributed by atoms with E-state index in [0.29, 0.717) is 18.3 Å². The minimum absolute atomic E-state index is 0.141. The van der Waals surface area contributed by atoms with Crippen molar-refractivity contribution in [3.05, 3.63) is 34.9 Å². The molecule has 9 atom stereocenters. The maximum absolute atomic E-state index is 11.7. The summed E-state index contributed by atoms with van der Waals surface area (Å²) in [5.41, 5.74) is 3.29. The third-order valence-corrected chi connectivity index (χ3v) is 10.9. The molecule has 34 heavy (non-hydrogen) atoms. The fourth-order valence-corrected chi connectivity index (χ4v) is 8.71. The third kappa shape index (κ3) is 3.54. The van der Waals surface area contributed by atoms with Crippen molar-refractivity contribution in [3.8, 4) is 0 Å². The van der Waals surface area contributed by atoms with Crippen molar-refractivity contribution < 1.29 is 20.4 Å². The third-order valence-electron chi connectivity index (χ3n) is 10.9. The summed E-state index contributed by atoms with van der Waals surface area (Å²) in [5.74, 6) is 1.32. The van der Waals surface area contributed by atoms with E-state index in [4.69, 9.17) is 0 Å². The van der Waals surface area contributed by atoms with Gasteiger partial charge in [-0.25, -0.2) is 0 Å². The smallest absolute Gasteiger partial charge is 0.103 e. The summed E-state index contributed by atoms with van der Waals surface area (Å²) in [6.07, 6.45) is 4.10. The van der Waals surface area contributed by atoms with Crippen molar-refractivity contribution in [2.75, 3.05) is 0 Å². The molecule has 0 aromatic heterocycles. The molecule has 0 aromatic carbocycles. The topological polar surface area (TPSA) is 80.9 Å². The molecule has 0 saturated heterocycles. The molecule has 1 fully saturated rings. The summed E-state index contributed by atoms with van der Waals surface area (Å²) >= 11 is 0. The van der Waals surface area contributed by atoms with Gasteiger partial charge in [-0.3, -0.25) is 0 Å². The minimum atomic E-state index is -0.943. The van der Waals surface area contributed by atoms with Crippen LogP contribution in [0.1, 0.15) is 87.0 Å².